The molecule has 0 saturated carbocycles. The SMILES string of the molecule is CC(C)(S)C(Nc1ccncc1)C(=O)O. The minimum absolute atomic E-state index is 0.644. The minimum atomic E-state index is -0.924. The summed E-state index contributed by atoms with van der Waals surface area (Å²) in [6.45, 7) is 3.51. The highest BCUT2D eigenvalue weighted by molar-refractivity contribution is 7.81. The first-order valence-corrected chi connectivity index (χ1v) is 4.97. The topological polar surface area (TPSA) is 62.2 Å². The number of nitrogens with zero attached hydrogens (tertiary/aromatic N) is 1. The summed E-state index contributed by atoms with van der Waals surface area (Å²) in [5, 5.41) is 11.9. The van der Waals surface area contributed by atoms with Crippen molar-refractivity contribution in [2.75, 3.05) is 5.32 Å². The van der Waals surface area contributed by atoms with Gasteiger partial charge >= 0.3 is 5.97 Å². The lowest BCUT2D eigenvalue weighted by Gasteiger charge is -2.27. The van der Waals surface area contributed by atoms with Gasteiger partial charge in [-0.05, 0) is 26.0 Å². The summed E-state index contributed by atoms with van der Waals surface area (Å²) < 4.78 is -0.644. The zero-order chi connectivity index (χ0) is 11.5. The Balaban J connectivity index is 2.82. The second kappa shape index (κ2) is 4.53. The molecule has 0 aliphatic heterocycles. The molecule has 0 spiro atoms. The molecular weight excluding hydrogens is 212 g/mol. The Morgan fingerprint density at radius 1 is 1.53 bits per heavy atom. The zero-order valence-corrected chi connectivity index (χ0v) is 9.53. The molecule has 1 aromatic heterocycles. The molecule has 15 heavy (non-hydrogen) atoms. The maximum atomic E-state index is 11.0. The second-order valence-corrected chi connectivity index (χ2v) is 4.96. The first-order chi connectivity index (χ1) is 6.91. The monoisotopic (exact) mass is 226 g/mol. The van der Waals surface area contributed by atoms with E-state index in [1.165, 1.54) is 0 Å². The highest BCUT2D eigenvalue weighted by atomic mass is 32.1. The number of carboxylic acid groups (broad SMARTS) is 1. The van der Waals surface area contributed by atoms with Crippen molar-refractivity contribution in [3.63, 3.8) is 0 Å². The maximum absolute atomic E-state index is 11.0. The molecule has 2 N–H and O–H groups in total. The molecule has 1 rings (SSSR count). The average Bonchev–Trinajstić information content (AvgIpc) is 2.13. The lowest BCUT2D eigenvalue weighted by Crippen LogP contribution is -2.44. The Labute approximate surface area is 94.1 Å². The van der Waals surface area contributed by atoms with E-state index in [0.717, 1.165) is 5.69 Å². The largest absolute Gasteiger partial charge is 0.480 e. The Morgan fingerprint density at radius 2 is 2.07 bits per heavy atom. The van der Waals surface area contributed by atoms with Gasteiger partial charge in [-0.2, -0.15) is 12.6 Å². The van der Waals surface area contributed by atoms with Gasteiger partial charge < -0.3 is 10.4 Å². The molecular formula is C10H14N2O2S. The van der Waals surface area contributed by atoms with Crippen LogP contribution in [0, 0.1) is 0 Å². The van der Waals surface area contributed by atoms with E-state index in [-0.39, 0.29) is 0 Å². The third-order valence-electron chi connectivity index (χ3n) is 1.94. The van der Waals surface area contributed by atoms with Crippen molar-refractivity contribution < 1.29 is 9.90 Å². The van der Waals surface area contributed by atoms with E-state index in [1.807, 2.05) is 0 Å². The molecule has 1 atom stereocenters. The third kappa shape index (κ3) is 3.43. The molecule has 0 aromatic carbocycles. The Bertz CT molecular complexity index is 335. The fourth-order valence-corrected chi connectivity index (χ4v) is 1.33. The minimum Gasteiger partial charge on any atom is -0.480 e. The van der Waals surface area contributed by atoms with Crippen molar-refractivity contribution in [3.05, 3.63) is 24.5 Å². The van der Waals surface area contributed by atoms with Gasteiger partial charge in [0.05, 0.1) is 0 Å². The van der Waals surface area contributed by atoms with Gasteiger partial charge in [0.25, 0.3) is 0 Å². The highest BCUT2D eigenvalue weighted by Crippen LogP contribution is 2.21. The van der Waals surface area contributed by atoms with E-state index in [2.05, 4.69) is 22.9 Å². The van der Waals surface area contributed by atoms with Crippen LogP contribution < -0.4 is 5.32 Å². The standard InChI is InChI=1S/C10H14N2O2S/c1-10(2,15)8(9(13)14)12-7-3-5-11-6-4-7/h3-6,8,15H,1-2H3,(H,11,12)(H,13,14). The first kappa shape index (κ1) is 11.8. The molecule has 0 amide bonds. The van der Waals surface area contributed by atoms with Gasteiger partial charge in [0.15, 0.2) is 0 Å². The number of hydrogen-bond donors (Lipinski definition) is 3. The molecule has 5 heteroatoms. The lowest BCUT2D eigenvalue weighted by molar-refractivity contribution is -0.138. The summed E-state index contributed by atoms with van der Waals surface area (Å²) in [6.07, 6.45) is 3.21. The highest BCUT2D eigenvalue weighted by Gasteiger charge is 2.31. The van der Waals surface area contributed by atoms with E-state index in [4.69, 9.17) is 5.11 Å². The number of aromatic nitrogens is 1. The van der Waals surface area contributed by atoms with Crippen LogP contribution in [-0.2, 0) is 4.79 Å². The quantitative estimate of drug-likeness (QED) is 0.683. The van der Waals surface area contributed by atoms with E-state index >= 15 is 0 Å². The van der Waals surface area contributed by atoms with Gasteiger partial charge in [-0.3, -0.25) is 4.98 Å². The number of anilines is 1. The van der Waals surface area contributed by atoms with Gasteiger partial charge in [0, 0.05) is 22.8 Å². The Hall–Kier alpha value is -1.23. The lowest BCUT2D eigenvalue weighted by atomic mass is 10.0. The molecule has 0 aliphatic rings. The van der Waals surface area contributed by atoms with Crippen LogP contribution in [-0.4, -0.2) is 26.8 Å². The third-order valence-corrected chi connectivity index (χ3v) is 2.20. The van der Waals surface area contributed by atoms with E-state index in [9.17, 15) is 4.79 Å². The fraction of sp³-hybridized carbons (Fsp3) is 0.400. The summed E-state index contributed by atoms with van der Waals surface area (Å²) in [4.78, 5) is 14.9. The molecule has 0 bridgehead atoms. The number of carboxylic acids is 1. The van der Waals surface area contributed by atoms with Gasteiger partial charge in [-0.15, -0.1) is 0 Å². The van der Waals surface area contributed by atoms with Crippen molar-refractivity contribution >= 4 is 24.3 Å². The molecule has 1 heterocycles. The van der Waals surface area contributed by atoms with Gasteiger partial charge in [-0.1, -0.05) is 0 Å². The predicted octanol–water partition coefficient (Wildman–Crippen LogP) is 1.66. The van der Waals surface area contributed by atoms with Crippen molar-refractivity contribution in [2.45, 2.75) is 24.6 Å². The van der Waals surface area contributed by atoms with Crippen LogP contribution in [0.25, 0.3) is 0 Å². The molecule has 0 radical (unpaired) electrons. The van der Waals surface area contributed by atoms with Crippen LogP contribution in [0.3, 0.4) is 0 Å². The number of rotatable bonds is 4. The number of carbonyl (C=O) groups is 1. The normalized spacial score (nSPS) is 13.3. The number of aliphatic carboxylic acids is 1. The summed E-state index contributed by atoms with van der Waals surface area (Å²) in [7, 11) is 0. The van der Waals surface area contributed by atoms with Gasteiger partial charge in [0.2, 0.25) is 0 Å². The summed E-state index contributed by atoms with van der Waals surface area (Å²) >= 11 is 4.26. The first-order valence-electron chi connectivity index (χ1n) is 4.53. The zero-order valence-electron chi connectivity index (χ0n) is 8.64. The van der Waals surface area contributed by atoms with Crippen molar-refractivity contribution in [1.82, 2.24) is 4.98 Å². The van der Waals surface area contributed by atoms with Crippen LogP contribution in [0.5, 0.6) is 0 Å². The number of pyridine rings is 1. The second-order valence-electron chi connectivity index (χ2n) is 3.81. The van der Waals surface area contributed by atoms with Gasteiger partial charge in [0.1, 0.15) is 6.04 Å². The smallest absolute Gasteiger partial charge is 0.327 e. The van der Waals surface area contributed by atoms with Crippen molar-refractivity contribution in [1.29, 1.82) is 0 Å². The van der Waals surface area contributed by atoms with Crippen LogP contribution in [0.4, 0.5) is 5.69 Å². The molecule has 0 saturated heterocycles. The van der Waals surface area contributed by atoms with E-state index in [1.54, 1.807) is 38.4 Å². The van der Waals surface area contributed by atoms with E-state index < -0.39 is 16.8 Å². The van der Waals surface area contributed by atoms with Crippen molar-refractivity contribution in [2.24, 2.45) is 0 Å². The number of nitrogens with one attached hydrogen (secondary N) is 1. The van der Waals surface area contributed by atoms with Crippen LogP contribution in [0.2, 0.25) is 0 Å². The molecule has 0 aliphatic carbocycles. The van der Waals surface area contributed by atoms with Gasteiger partial charge in [-0.25, -0.2) is 4.79 Å². The molecule has 82 valence electrons. The summed E-state index contributed by atoms with van der Waals surface area (Å²) in [5.41, 5.74) is 0.722. The Morgan fingerprint density at radius 3 is 2.47 bits per heavy atom. The molecule has 1 unspecified atom stereocenters. The maximum Gasteiger partial charge on any atom is 0.327 e. The van der Waals surface area contributed by atoms with Crippen LogP contribution >= 0.6 is 12.6 Å². The molecule has 1 aromatic rings. The Kier molecular flexibility index (Phi) is 3.57. The van der Waals surface area contributed by atoms with Crippen LogP contribution in [0.15, 0.2) is 24.5 Å². The average molecular weight is 226 g/mol. The molecule has 0 fully saturated rings. The van der Waals surface area contributed by atoms with Crippen LogP contribution in [0.1, 0.15) is 13.8 Å². The van der Waals surface area contributed by atoms with E-state index in [0.29, 0.717) is 0 Å². The number of thiol groups is 1. The van der Waals surface area contributed by atoms with Crippen molar-refractivity contribution in [3.8, 4) is 0 Å². The number of hydrogen-bond acceptors (Lipinski definition) is 4. The predicted molar refractivity (Wildman–Crippen MR) is 62.3 cm³/mol. The summed E-state index contributed by atoms with van der Waals surface area (Å²) in [6, 6.07) is 2.69. The fourth-order valence-electron chi connectivity index (χ4n) is 1.16. The molecule has 4 nitrogen and oxygen atoms in total. The summed E-state index contributed by atoms with van der Waals surface area (Å²) in [5.74, 6) is -0.924.